The minimum Gasteiger partial charge on any atom is -0.306 e. The van der Waals surface area contributed by atoms with Gasteiger partial charge in [-0.25, -0.2) is 0 Å². The van der Waals surface area contributed by atoms with E-state index in [1.165, 1.54) is 58.3 Å². The number of aromatic nitrogens is 1. The molecule has 7 rings (SSSR count). The average Bonchev–Trinajstić information content (AvgIpc) is 3.32. The van der Waals surface area contributed by atoms with E-state index in [9.17, 15) is 0 Å². The van der Waals surface area contributed by atoms with E-state index in [2.05, 4.69) is 93.1 Å². The van der Waals surface area contributed by atoms with Crippen molar-refractivity contribution in [1.29, 1.82) is 0 Å². The third-order valence-electron chi connectivity index (χ3n) is 5.75. The molecule has 0 bridgehead atoms. The van der Waals surface area contributed by atoms with Crippen molar-refractivity contribution in [2.45, 2.75) is 0 Å². The van der Waals surface area contributed by atoms with Gasteiger partial charge in [0.2, 0.25) is 0 Å². The third kappa shape index (κ3) is 1.65. The topological polar surface area (TPSA) is 4.41 Å². The lowest BCUT2D eigenvalue weighted by Gasteiger charge is -2.01. The largest absolute Gasteiger partial charge is 0.306 e. The van der Waals surface area contributed by atoms with Crippen LogP contribution in [-0.4, -0.2) is 4.40 Å². The molecule has 0 aliphatic carbocycles. The van der Waals surface area contributed by atoms with Crippen LogP contribution in [0.4, 0.5) is 0 Å². The molecule has 4 aromatic carbocycles. The highest BCUT2D eigenvalue weighted by Gasteiger charge is 2.22. The lowest BCUT2D eigenvalue weighted by molar-refractivity contribution is 1.38. The van der Waals surface area contributed by atoms with Gasteiger partial charge in [-0.2, -0.15) is 0 Å². The van der Waals surface area contributed by atoms with Crippen LogP contribution >= 0.6 is 27.3 Å². The second kappa shape index (κ2) is 4.80. The van der Waals surface area contributed by atoms with Crippen LogP contribution < -0.4 is 0 Å². The Morgan fingerprint density at radius 1 is 0.704 bits per heavy atom. The van der Waals surface area contributed by atoms with Gasteiger partial charge in [-0.15, -0.1) is 11.3 Å². The van der Waals surface area contributed by atoms with E-state index in [1.807, 2.05) is 11.3 Å². The second-order valence-electron chi connectivity index (χ2n) is 7.14. The van der Waals surface area contributed by atoms with E-state index >= 15 is 0 Å². The maximum atomic E-state index is 3.67. The minimum absolute atomic E-state index is 1.13. The van der Waals surface area contributed by atoms with Gasteiger partial charge in [-0.05, 0) is 41.1 Å². The van der Waals surface area contributed by atoms with Crippen LogP contribution in [0.1, 0.15) is 0 Å². The van der Waals surface area contributed by atoms with Gasteiger partial charge in [0, 0.05) is 30.7 Å². The summed E-state index contributed by atoms with van der Waals surface area (Å²) in [7, 11) is 0. The van der Waals surface area contributed by atoms with Crippen LogP contribution in [0.3, 0.4) is 0 Å². The first-order valence-electron chi connectivity index (χ1n) is 8.99. The van der Waals surface area contributed by atoms with E-state index in [0.29, 0.717) is 0 Å². The molecular weight excluding hydrogens is 414 g/mol. The highest BCUT2D eigenvalue weighted by Crippen LogP contribution is 2.47. The molecule has 0 aliphatic heterocycles. The number of para-hydroxylation sites is 1. The van der Waals surface area contributed by atoms with Gasteiger partial charge in [0.05, 0.1) is 21.3 Å². The molecule has 0 spiro atoms. The maximum Gasteiger partial charge on any atom is 0.0728 e. The Bertz CT molecular complexity index is 1690. The minimum atomic E-state index is 1.13. The molecular formula is C24H12BrNS. The summed E-state index contributed by atoms with van der Waals surface area (Å²) in [4.78, 5) is 0. The van der Waals surface area contributed by atoms with E-state index in [1.54, 1.807) is 0 Å². The van der Waals surface area contributed by atoms with Crippen molar-refractivity contribution in [3.63, 3.8) is 0 Å². The molecule has 0 N–H and O–H groups in total. The summed E-state index contributed by atoms with van der Waals surface area (Å²) in [6.07, 6.45) is 0. The van der Waals surface area contributed by atoms with Crippen LogP contribution in [-0.2, 0) is 0 Å². The van der Waals surface area contributed by atoms with Crippen molar-refractivity contribution in [2.75, 3.05) is 0 Å². The number of hydrogen-bond donors (Lipinski definition) is 0. The third-order valence-corrected chi connectivity index (χ3v) is 7.44. The van der Waals surface area contributed by atoms with Gasteiger partial charge in [-0.1, -0.05) is 58.4 Å². The molecule has 7 aromatic rings. The number of nitrogens with zero attached hydrogens (tertiary/aromatic N) is 1. The van der Waals surface area contributed by atoms with E-state index in [0.717, 1.165) is 4.47 Å². The van der Waals surface area contributed by atoms with Crippen LogP contribution in [0.5, 0.6) is 0 Å². The van der Waals surface area contributed by atoms with E-state index in [-0.39, 0.29) is 0 Å². The molecule has 0 saturated heterocycles. The number of benzene rings is 4. The van der Waals surface area contributed by atoms with Crippen LogP contribution in [0.2, 0.25) is 0 Å². The van der Waals surface area contributed by atoms with Crippen molar-refractivity contribution in [3.05, 3.63) is 77.3 Å². The first-order valence-corrected chi connectivity index (χ1v) is 10.6. The molecule has 3 heterocycles. The van der Waals surface area contributed by atoms with Crippen molar-refractivity contribution in [1.82, 2.24) is 4.40 Å². The molecule has 0 unspecified atom stereocenters. The Morgan fingerprint density at radius 2 is 1.52 bits per heavy atom. The van der Waals surface area contributed by atoms with Gasteiger partial charge in [-0.3, -0.25) is 0 Å². The highest BCUT2D eigenvalue weighted by molar-refractivity contribution is 9.10. The standard InChI is InChI=1S/C24H12BrNS/c25-14-9-10-20-17(12-14)23-24(27-20)18-11-13-5-1-2-6-15(13)21-16-7-3-4-8-19(16)26(23)22(18)21/h1-12H. The quantitative estimate of drug-likeness (QED) is 0.232. The Labute approximate surface area is 166 Å². The fraction of sp³-hybridized carbons (Fsp3) is 0. The number of fused-ring (bicyclic) bond motifs is 10. The molecule has 3 heteroatoms. The van der Waals surface area contributed by atoms with Gasteiger partial charge >= 0.3 is 0 Å². The fourth-order valence-corrected chi connectivity index (χ4v) is 6.25. The monoisotopic (exact) mass is 425 g/mol. The number of rotatable bonds is 0. The Hall–Kier alpha value is -2.62. The van der Waals surface area contributed by atoms with Gasteiger partial charge < -0.3 is 4.40 Å². The SMILES string of the molecule is Brc1ccc2sc3c4cc5ccccc5c5c6ccccc6n(c3c2c1)c45. The molecule has 0 aliphatic rings. The second-order valence-corrected chi connectivity index (χ2v) is 9.11. The molecule has 126 valence electrons. The number of thiophene rings is 1. The highest BCUT2D eigenvalue weighted by atomic mass is 79.9. The summed E-state index contributed by atoms with van der Waals surface area (Å²) in [6.45, 7) is 0. The molecule has 0 radical (unpaired) electrons. The zero-order valence-corrected chi connectivity index (χ0v) is 16.6. The number of hydrogen-bond acceptors (Lipinski definition) is 1. The predicted molar refractivity (Wildman–Crippen MR) is 122 cm³/mol. The summed E-state index contributed by atoms with van der Waals surface area (Å²) in [5.41, 5.74) is 3.99. The molecule has 0 saturated carbocycles. The smallest absolute Gasteiger partial charge is 0.0728 e. The van der Waals surface area contributed by atoms with Crippen LogP contribution in [0.15, 0.2) is 77.3 Å². The predicted octanol–water partition coefficient (Wildman–Crippen LogP) is 7.97. The zero-order chi connectivity index (χ0) is 17.7. The summed E-state index contributed by atoms with van der Waals surface area (Å²) in [5, 5.41) is 8.07. The molecule has 0 amide bonds. The summed E-state index contributed by atoms with van der Waals surface area (Å²) in [5.74, 6) is 0. The fourth-order valence-electron chi connectivity index (χ4n) is 4.71. The van der Waals surface area contributed by atoms with Crippen molar-refractivity contribution >= 4 is 85.5 Å². The molecule has 1 nitrogen and oxygen atoms in total. The zero-order valence-electron chi connectivity index (χ0n) is 14.2. The lowest BCUT2D eigenvalue weighted by atomic mass is 10.0. The van der Waals surface area contributed by atoms with Gasteiger partial charge in [0.1, 0.15) is 0 Å². The van der Waals surface area contributed by atoms with Crippen LogP contribution in [0.25, 0.3) is 58.3 Å². The van der Waals surface area contributed by atoms with E-state index in [4.69, 9.17) is 0 Å². The summed E-state index contributed by atoms with van der Waals surface area (Å²) in [6, 6.07) is 26.6. The average molecular weight is 426 g/mol. The van der Waals surface area contributed by atoms with Gasteiger partial charge in [0.15, 0.2) is 0 Å². The van der Waals surface area contributed by atoms with Crippen molar-refractivity contribution in [3.8, 4) is 0 Å². The summed E-state index contributed by atoms with van der Waals surface area (Å²) < 4.78 is 6.35. The van der Waals surface area contributed by atoms with Crippen molar-refractivity contribution in [2.24, 2.45) is 0 Å². The lowest BCUT2D eigenvalue weighted by Crippen LogP contribution is -1.79. The molecule has 3 aromatic heterocycles. The first-order chi connectivity index (χ1) is 13.3. The Kier molecular flexibility index (Phi) is 2.57. The molecule has 0 fully saturated rings. The van der Waals surface area contributed by atoms with E-state index < -0.39 is 0 Å². The van der Waals surface area contributed by atoms with Crippen LogP contribution in [0, 0.1) is 0 Å². The number of halogens is 1. The Balaban J connectivity index is 1.95. The molecule has 0 atom stereocenters. The Morgan fingerprint density at radius 3 is 2.44 bits per heavy atom. The first kappa shape index (κ1) is 14.4. The normalized spacial score (nSPS) is 12.6. The van der Waals surface area contributed by atoms with Crippen molar-refractivity contribution < 1.29 is 0 Å². The summed E-state index contributed by atoms with van der Waals surface area (Å²) >= 11 is 5.57. The van der Waals surface area contributed by atoms with Gasteiger partial charge in [0.25, 0.3) is 0 Å². The maximum absolute atomic E-state index is 3.67. The molecule has 27 heavy (non-hydrogen) atoms.